The number of amides is 2. The molecule has 1 aliphatic carbocycles. The van der Waals surface area contributed by atoms with Crippen molar-refractivity contribution in [1.29, 1.82) is 0 Å². The SMILES string of the molecule is COc1ccc(CNC(=O)C(CC(=O)O)NC(=O)OCC2c3ccccc3-c3ccccc32)cn1. The average Bonchev–Trinajstić information content (AvgIpc) is 3.19. The molecule has 1 unspecified atom stereocenters. The van der Waals surface area contributed by atoms with Gasteiger partial charge in [0.2, 0.25) is 11.8 Å². The van der Waals surface area contributed by atoms with E-state index in [-0.39, 0.29) is 19.1 Å². The summed E-state index contributed by atoms with van der Waals surface area (Å²) in [6, 6.07) is 17.9. The summed E-state index contributed by atoms with van der Waals surface area (Å²) in [5.74, 6) is -1.59. The monoisotopic (exact) mass is 475 g/mol. The van der Waals surface area contributed by atoms with Gasteiger partial charge in [-0.1, -0.05) is 54.6 Å². The highest BCUT2D eigenvalue weighted by atomic mass is 16.5. The van der Waals surface area contributed by atoms with Gasteiger partial charge in [-0.2, -0.15) is 0 Å². The summed E-state index contributed by atoms with van der Waals surface area (Å²) in [5.41, 5.74) is 4.97. The molecule has 1 atom stereocenters. The number of carbonyl (C=O) groups is 3. The lowest BCUT2D eigenvalue weighted by atomic mass is 9.98. The minimum atomic E-state index is -1.30. The smallest absolute Gasteiger partial charge is 0.407 e. The van der Waals surface area contributed by atoms with Crippen LogP contribution in [-0.4, -0.2) is 47.8 Å². The van der Waals surface area contributed by atoms with E-state index < -0.39 is 30.4 Å². The van der Waals surface area contributed by atoms with Crippen molar-refractivity contribution >= 4 is 18.0 Å². The van der Waals surface area contributed by atoms with Gasteiger partial charge in [-0.15, -0.1) is 0 Å². The number of hydrogen-bond acceptors (Lipinski definition) is 6. The molecular formula is C26H25N3O6. The molecule has 0 fully saturated rings. The number of aliphatic carboxylic acids is 1. The summed E-state index contributed by atoms with van der Waals surface area (Å²) in [7, 11) is 1.50. The van der Waals surface area contributed by atoms with Crippen LogP contribution < -0.4 is 15.4 Å². The molecule has 3 N–H and O–H groups in total. The number of nitrogens with zero attached hydrogens (tertiary/aromatic N) is 1. The van der Waals surface area contributed by atoms with Crippen LogP contribution >= 0.6 is 0 Å². The minimum absolute atomic E-state index is 0.0544. The third-order valence-electron chi connectivity index (χ3n) is 5.80. The Hall–Kier alpha value is -4.40. The zero-order chi connectivity index (χ0) is 24.8. The van der Waals surface area contributed by atoms with Crippen LogP contribution in [0, 0.1) is 0 Å². The lowest BCUT2D eigenvalue weighted by molar-refractivity contribution is -0.139. The van der Waals surface area contributed by atoms with Crippen molar-refractivity contribution in [3.63, 3.8) is 0 Å². The van der Waals surface area contributed by atoms with E-state index in [0.29, 0.717) is 11.4 Å². The first-order valence-corrected chi connectivity index (χ1v) is 11.1. The molecule has 180 valence electrons. The molecule has 2 aromatic carbocycles. The van der Waals surface area contributed by atoms with Gasteiger partial charge in [-0.05, 0) is 27.8 Å². The van der Waals surface area contributed by atoms with Gasteiger partial charge in [0, 0.05) is 24.7 Å². The van der Waals surface area contributed by atoms with Crippen LogP contribution in [0.25, 0.3) is 11.1 Å². The van der Waals surface area contributed by atoms with E-state index in [9.17, 15) is 19.5 Å². The topological polar surface area (TPSA) is 127 Å². The molecule has 2 amide bonds. The first-order valence-electron chi connectivity index (χ1n) is 11.1. The van der Waals surface area contributed by atoms with Crippen molar-refractivity contribution in [2.24, 2.45) is 0 Å². The number of methoxy groups -OCH3 is 1. The number of carboxylic acid groups (broad SMARTS) is 1. The van der Waals surface area contributed by atoms with Gasteiger partial charge in [0.15, 0.2) is 0 Å². The van der Waals surface area contributed by atoms with Crippen molar-refractivity contribution in [2.45, 2.75) is 24.9 Å². The molecule has 1 aliphatic rings. The molecule has 9 nitrogen and oxygen atoms in total. The van der Waals surface area contributed by atoms with Crippen LogP contribution in [0.3, 0.4) is 0 Å². The molecule has 0 radical (unpaired) electrons. The summed E-state index contributed by atoms with van der Waals surface area (Å²) in [5, 5.41) is 14.2. The van der Waals surface area contributed by atoms with Crippen LogP contribution in [0.1, 0.15) is 29.0 Å². The Morgan fingerprint density at radius 1 is 1.00 bits per heavy atom. The summed E-state index contributed by atoms with van der Waals surface area (Å²) in [4.78, 5) is 40.5. The van der Waals surface area contributed by atoms with Crippen molar-refractivity contribution in [3.8, 4) is 17.0 Å². The fraction of sp³-hybridized carbons (Fsp3) is 0.231. The van der Waals surface area contributed by atoms with Gasteiger partial charge in [0.05, 0.1) is 13.5 Å². The summed E-state index contributed by atoms with van der Waals surface area (Å²) in [6.07, 6.45) is 0.0839. The maximum absolute atomic E-state index is 12.6. The molecule has 9 heteroatoms. The van der Waals surface area contributed by atoms with E-state index >= 15 is 0 Å². The standard InChI is InChI=1S/C26H25N3O6/c1-34-23-11-10-16(13-27-23)14-28-25(32)22(12-24(30)31)29-26(33)35-15-21-19-8-4-2-6-17(19)18-7-3-5-9-20(18)21/h2-11,13,21-22H,12,14-15H2,1H3,(H,28,32)(H,29,33)(H,30,31). The molecule has 0 aliphatic heterocycles. The maximum atomic E-state index is 12.6. The molecule has 0 spiro atoms. The number of aromatic nitrogens is 1. The van der Waals surface area contributed by atoms with Gasteiger partial charge in [-0.25, -0.2) is 9.78 Å². The van der Waals surface area contributed by atoms with Crippen LogP contribution in [0.4, 0.5) is 4.79 Å². The fourth-order valence-electron chi connectivity index (χ4n) is 4.11. The summed E-state index contributed by atoms with van der Waals surface area (Å²) < 4.78 is 10.4. The minimum Gasteiger partial charge on any atom is -0.481 e. The number of ether oxygens (including phenoxy) is 2. The Morgan fingerprint density at radius 2 is 1.66 bits per heavy atom. The lowest BCUT2D eigenvalue weighted by Gasteiger charge is -2.18. The van der Waals surface area contributed by atoms with E-state index in [0.717, 1.165) is 22.3 Å². The maximum Gasteiger partial charge on any atom is 0.407 e. The number of carbonyl (C=O) groups excluding carboxylic acids is 2. The van der Waals surface area contributed by atoms with E-state index in [1.165, 1.54) is 13.3 Å². The van der Waals surface area contributed by atoms with Crippen LogP contribution in [0.15, 0.2) is 66.9 Å². The molecule has 0 saturated heterocycles. The van der Waals surface area contributed by atoms with E-state index in [4.69, 9.17) is 9.47 Å². The Kier molecular flexibility index (Phi) is 7.25. The molecule has 0 bridgehead atoms. The predicted molar refractivity (Wildman–Crippen MR) is 127 cm³/mol. The van der Waals surface area contributed by atoms with Gasteiger partial charge in [0.25, 0.3) is 0 Å². The molecule has 1 heterocycles. The van der Waals surface area contributed by atoms with Crippen LogP contribution in [-0.2, 0) is 20.9 Å². The van der Waals surface area contributed by atoms with Gasteiger partial charge >= 0.3 is 12.1 Å². The number of benzene rings is 2. The zero-order valence-electron chi connectivity index (χ0n) is 19.1. The van der Waals surface area contributed by atoms with Gasteiger partial charge in [0.1, 0.15) is 12.6 Å². The third-order valence-corrected chi connectivity index (χ3v) is 5.80. The number of hydrogen-bond donors (Lipinski definition) is 3. The largest absolute Gasteiger partial charge is 0.481 e. The molecule has 3 aromatic rings. The highest BCUT2D eigenvalue weighted by Gasteiger charge is 2.30. The third kappa shape index (κ3) is 5.57. The fourth-order valence-corrected chi connectivity index (χ4v) is 4.11. The number of fused-ring (bicyclic) bond motifs is 3. The number of rotatable bonds is 9. The number of pyridine rings is 1. The summed E-state index contributed by atoms with van der Waals surface area (Å²) >= 11 is 0. The van der Waals surface area contributed by atoms with Gasteiger partial charge < -0.3 is 25.2 Å². The predicted octanol–water partition coefficient (Wildman–Crippen LogP) is 3.09. The molecule has 1 aromatic heterocycles. The van der Waals surface area contributed by atoms with E-state index in [2.05, 4.69) is 15.6 Å². The first-order chi connectivity index (χ1) is 17.0. The second kappa shape index (κ2) is 10.7. The highest BCUT2D eigenvalue weighted by Crippen LogP contribution is 2.44. The van der Waals surface area contributed by atoms with Crippen molar-refractivity contribution in [3.05, 3.63) is 83.6 Å². The number of carboxylic acids is 1. The van der Waals surface area contributed by atoms with E-state index in [1.807, 2.05) is 48.5 Å². The van der Waals surface area contributed by atoms with Crippen molar-refractivity contribution < 1.29 is 29.0 Å². The second-order valence-corrected chi connectivity index (χ2v) is 8.05. The number of alkyl carbamates (subject to hydrolysis) is 1. The Labute approximate surface area is 202 Å². The summed E-state index contributed by atoms with van der Waals surface area (Å²) in [6.45, 7) is 0.164. The van der Waals surface area contributed by atoms with E-state index in [1.54, 1.807) is 12.1 Å². The Bertz CT molecular complexity index is 1180. The normalized spacial score (nSPS) is 12.7. The van der Waals surface area contributed by atoms with Crippen molar-refractivity contribution in [2.75, 3.05) is 13.7 Å². The zero-order valence-corrected chi connectivity index (χ0v) is 19.1. The molecule has 0 saturated carbocycles. The van der Waals surface area contributed by atoms with Gasteiger partial charge in [-0.3, -0.25) is 9.59 Å². The molecule has 4 rings (SSSR count). The van der Waals surface area contributed by atoms with Crippen LogP contribution in [0.2, 0.25) is 0 Å². The van der Waals surface area contributed by atoms with Crippen LogP contribution in [0.5, 0.6) is 5.88 Å². The average molecular weight is 476 g/mol. The number of nitrogens with one attached hydrogen (secondary N) is 2. The quantitative estimate of drug-likeness (QED) is 0.434. The highest BCUT2D eigenvalue weighted by molar-refractivity contribution is 5.89. The molecule has 35 heavy (non-hydrogen) atoms. The first kappa shape index (κ1) is 23.7. The lowest BCUT2D eigenvalue weighted by Crippen LogP contribution is -2.48. The second-order valence-electron chi connectivity index (χ2n) is 8.05. The molecular weight excluding hydrogens is 450 g/mol. The van der Waals surface area contributed by atoms with Crippen molar-refractivity contribution in [1.82, 2.24) is 15.6 Å². The Balaban J connectivity index is 1.37. The Morgan fingerprint density at radius 3 is 2.23 bits per heavy atom.